The lowest BCUT2D eigenvalue weighted by atomic mass is 9.47. The molecule has 27 heavy (non-hydrogen) atoms. The summed E-state index contributed by atoms with van der Waals surface area (Å²) in [6.07, 6.45) is 9.23. The first-order chi connectivity index (χ1) is 12.9. The average Bonchev–Trinajstić information content (AvgIpc) is 2.60. The number of phenols is 1. The van der Waals surface area contributed by atoms with Crippen LogP contribution in [0.1, 0.15) is 55.2 Å². The van der Waals surface area contributed by atoms with E-state index >= 15 is 0 Å². The van der Waals surface area contributed by atoms with Gasteiger partial charge in [0.25, 0.3) is 0 Å². The van der Waals surface area contributed by atoms with Crippen LogP contribution < -0.4 is 0 Å². The lowest BCUT2D eigenvalue weighted by Crippen LogP contribution is -2.55. The number of rotatable bonds is 3. The Morgan fingerprint density at radius 3 is 2.52 bits per heavy atom. The van der Waals surface area contributed by atoms with Crippen LogP contribution in [0.25, 0.3) is 0 Å². The Bertz CT molecular complexity index is 904. The van der Waals surface area contributed by atoms with Gasteiger partial charge in [0.15, 0.2) is 0 Å². The fourth-order valence-electron chi connectivity index (χ4n) is 6.30. The number of hydrogen-bond acceptors (Lipinski definition) is 2. The van der Waals surface area contributed by atoms with E-state index in [-0.39, 0.29) is 16.0 Å². The fraction of sp³-hybridized carbons (Fsp3) is 0.458. The Morgan fingerprint density at radius 2 is 1.81 bits per heavy atom. The molecule has 0 aliphatic heterocycles. The van der Waals surface area contributed by atoms with Gasteiger partial charge < -0.3 is 5.11 Å². The van der Waals surface area contributed by atoms with Crippen LogP contribution in [0.5, 0.6) is 5.75 Å². The zero-order chi connectivity index (χ0) is 18.6. The highest BCUT2D eigenvalue weighted by Crippen LogP contribution is 2.64. The summed E-state index contributed by atoms with van der Waals surface area (Å²) in [6, 6.07) is 14.1. The molecular formula is C24H26ClNO. The molecule has 2 aromatic carbocycles. The second kappa shape index (κ2) is 6.10. The van der Waals surface area contributed by atoms with Crippen molar-refractivity contribution in [2.45, 2.75) is 55.7 Å². The molecule has 2 nitrogen and oxygen atoms in total. The minimum absolute atomic E-state index is 0.0221. The van der Waals surface area contributed by atoms with E-state index in [0.29, 0.717) is 0 Å². The minimum Gasteiger partial charge on any atom is -0.507 e. The summed E-state index contributed by atoms with van der Waals surface area (Å²) in [5.41, 5.74) is 4.55. The molecule has 4 aliphatic rings. The molecule has 2 unspecified atom stereocenters. The third-order valence-electron chi connectivity index (χ3n) is 7.09. The van der Waals surface area contributed by atoms with Crippen LogP contribution in [0.4, 0.5) is 5.69 Å². The van der Waals surface area contributed by atoms with E-state index in [9.17, 15) is 5.11 Å². The summed E-state index contributed by atoms with van der Waals surface area (Å²) in [5, 5.41) is 9.99. The first-order valence-corrected chi connectivity index (χ1v) is 10.4. The standard InChI is InChI=1S/C24H26ClNO/c1-16-6-7-20(9-21(16)26-14-19-4-2-3-5-22(19)27)23-10-17-8-18(11-23)13-24(25,12-17)15-23/h2-7,9,14,17-18,27H,8,10-13,15H2,1H3. The quantitative estimate of drug-likeness (QED) is 0.494. The summed E-state index contributed by atoms with van der Waals surface area (Å²) >= 11 is 7.04. The Kier molecular flexibility index (Phi) is 3.91. The van der Waals surface area contributed by atoms with Crippen molar-refractivity contribution in [3.63, 3.8) is 0 Å². The topological polar surface area (TPSA) is 32.6 Å². The normalized spacial score (nSPS) is 34.4. The molecule has 0 aromatic heterocycles. The van der Waals surface area contributed by atoms with E-state index in [4.69, 9.17) is 16.6 Å². The van der Waals surface area contributed by atoms with Crippen LogP contribution >= 0.6 is 11.6 Å². The van der Waals surface area contributed by atoms with Crippen molar-refractivity contribution in [3.8, 4) is 5.75 Å². The molecule has 1 N–H and O–H groups in total. The first kappa shape index (κ1) is 17.3. The molecule has 4 bridgehead atoms. The van der Waals surface area contributed by atoms with E-state index < -0.39 is 0 Å². The smallest absolute Gasteiger partial charge is 0.124 e. The number of para-hydroxylation sites is 1. The second-order valence-electron chi connectivity index (χ2n) is 9.21. The van der Waals surface area contributed by atoms with Crippen molar-refractivity contribution in [2.75, 3.05) is 0 Å². The zero-order valence-electron chi connectivity index (χ0n) is 15.8. The number of halogens is 1. The second-order valence-corrected chi connectivity index (χ2v) is 10.0. The lowest BCUT2D eigenvalue weighted by molar-refractivity contribution is 0.00900. The number of phenolic OH excluding ortho intramolecular Hbond substituents is 1. The van der Waals surface area contributed by atoms with E-state index in [1.54, 1.807) is 12.3 Å². The van der Waals surface area contributed by atoms with Gasteiger partial charge >= 0.3 is 0 Å². The predicted molar refractivity (Wildman–Crippen MR) is 111 cm³/mol. The molecule has 4 saturated carbocycles. The van der Waals surface area contributed by atoms with Crippen molar-refractivity contribution in [2.24, 2.45) is 16.8 Å². The molecule has 2 aromatic rings. The number of aromatic hydroxyl groups is 1. The van der Waals surface area contributed by atoms with Gasteiger partial charge in [0, 0.05) is 16.7 Å². The number of hydrogen-bond donors (Lipinski definition) is 1. The minimum atomic E-state index is 0.0221. The maximum atomic E-state index is 9.99. The molecule has 0 heterocycles. The largest absolute Gasteiger partial charge is 0.507 e. The van der Waals surface area contributed by atoms with Gasteiger partial charge in [0.05, 0.1) is 5.69 Å². The highest BCUT2D eigenvalue weighted by Gasteiger charge is 2.57. The van der Waals surface area contributed by atoms with Crippen LogP contribution in [-0.4, -0.2) is 16.2 Å². The molecule has 6 rings (SSSR count). The molecule has 3 heteroatoms. The van der Waals surface area contributed by atoms with Crippen molar-refractivity contribution >= 4 is 23.5 Å². The van der Waals surface area contributed by atoms with Gasteiger partial charge in [-0.05, 0) is 92.0 Å². The van der Waals surface area contributed by atoms with Gasteiger partial charge in [0.1, 0.15) is 5.75 Å². The predicted octanol–water partition coefficient (Wildman–Crippen LogP) is 6.28. The van der Waals surface area contributed by atoms with Crippen molar-refractivity contribution in [1.82, 2.24) is 0 Å². The fourth-order valence-corrected chi connectivity index (χ4v) is 6.99. The zero-order valence-corrected chi connectivity index (χ0v) is 16.5. The highest BCUT2D eigenvalue weighted by molar-refractivity contribution is 6.24. The number of aryl methyl sites for hydroxylation is 1. The third kappa shape index (κ3) is 2.99. The first-order valence-electron chi connectivity index (χ1n) is 10.1. The number of benzene rings is 2. The van der Waals surface area contributed by atoms with Gasteiger partial charge in [-0.1, -0.05) is 24.3 Å². The van der Waals surface area contributed by atoms with Crippen molar-refractivity contribution < 1.29 is 5.11 Å². The average molecular weight is 380 g/mol. The summed E-state index contributed by atoms with van der Waals surface area (Å²) in [4.78, 5) is 4.75. The Balaban J connectivity index is 1.50. The van der Waals surface area contributed by atoms with Crippen LogP contribution in [0.3, 0.4) is 0 Å². The molecule has 0 radical (unpaired) electrons. The van der Waals surface area contributed by atoms with Gasteiger partial charge in [-0.3, -0.25) is 4.99 Å². The molecule has 4 fully saturated rings. The van der Waals surface area contributed by atoms with Gasteiger partial charge in [0.2, 0.25) is 0 Å². The maximum Gasteiger partial charge on any atom is 0.124 e. The van der Waals surface area contributed by atoms with Gasteiger partial charge in [-0.2, -0.15) is 0 Å². The summed E-state index contributed by atoms with van der Waals surface area (Å²) in [5.74, 6) is 1.84. The van der Waals surface area contributed by atoms with Crippen molar-refractivity contribution in [3.05, 3.63) is 59.2 Å². The van der Waals surface area contributed by atoms with Crippen LogP contribution in [-0.2, 0) is 5.41 Å². The van der Waals surface area contributed by atoms with Gasteiger partial charge in [-0.25, -0.2) is 0 Å². The molecule has 4 aliphatic carbocycles. The van der Waals surface area contributed by atoms with E-state index in [2.05, 4.69) is 25.1 Å². The van der Waals surface area contributed by atoms with Gasteiger partial charge in [-0.15, -0.1) is 11.6 Å². The summed E-state index contributed by atoms with van der Waals surface area (Å²) < 4.78 is 0. The van der Waals surface area contributed by atoms with Crippen LogP contribution in [0.15, 0.2) is 47.5 Å². The third-order valence-corrected chi connectivity index (χ3v) is 7.53. The molecule has 2 atom stereocenters. The van der Waals surface area contributed by atoms with E-state index in [0.717, 1.165) is 35.1 Å². The number of aliphatic imine (C=N–C) groups is 1. The van der Waals surface area contributed by atoms with E-state index in [1.807, 2.05) is 18.2 Å². The maximum absolute atomic E-state index is 9.99. The highest BCUT2D eigenvalue weighted by atomic mass is 35.5. The van der Waals surface area contributed by atoms with E-state index in [1.165, 1.54) is 37.7 Å². The SMILES string of the molecule is Cc1ccc(C23CC4CC(CC(Cl)(C4)C2)C3)cc1N=Cc1ccccc1O. The molecule has 0 amide bonds. The molecule has 0 spiro atoms. The Morgan fingerprint density at radius 1 is 1.07 bits per heavy atom. The monoisotopic (exact) mass is 379 g/mol. The summed E-state index contributed by atoms with van der Waals surface area (Å²) in [6.45, 7) is 2.10. The Hall–Kier alpha value is -1.80. The molecule has 140 valence electrons. The van der Waals surface area contributed by atoms with Crippen LogP contribution in [0, 0.1) is 18.8 Å². The molecular weight excluding hydrogens is 354 g/mol. The summed E-state index contributed by atoms with van der Waals surface area (Å²) in [7, 11) is 0. The number of alkyl halides is 1. The van der Waals surface area contributed by atoms with Crippen molar-refractivity contribution in [1.29, 1.82) is 0 Å². The Labute approximate surface area is 166 Å². The van der Waals surface area contributed by atoms with Crippen LogP contribution in [0.2, 0.25) is 0 Å². The number of nitrogens with zero attached hydrogens (tertiary/aromatic N) is 1. The lowest BCUT2D eigenvalue weighted by Gasteiger charge is -2.60. The molecule has 0 saturated heterocycles.